The number of amides is 2. The zero-order chi connectivity index (χ0) is 18.2. The molecule has 5 heteroatoms. The summed E-state index contributed by atoms with van der Waals surface area (Å²) in [4.78, 5) is 16.6. The number of benzene rings is 1. The summed E-state index contributed by atoms with van der Waals surface area (Å²) in [6.07, 6.45) is 5.33. The van der Waals surface area contributed by atoms with E-state index in [0.29, 0.717) is 12.5 Å². The highest BCUT2D eigenvalue weighted by atomic mass is 16.2. The molecule has 0 aliphatic carbocycles. The van der Waals surface area contributed by atoms with Gasteiger partial charge in [0.05, 0.1) is 12.0 Å². The molecule has 0 radical (unpaired) electrons. The Labute approximate surface area is 157 Å². The molecule has 1 atom stereocenters. The van der Waals surface area contributed by atoms with E-state index in [9.17, 15) is 4.79 Å². The van der Waals surface area contributed by atoms with Gasteiger partial charge >= 0.3 is 6.03 Å². The topological polar surface area (TPSA) is 59.4 Å². The first-order valence-electron chi connectivity index (χ1n) is 9.93. The number of nitrogens with one attached hydrogen (secondary N) is 1. The van der Waals surface area contributed by atoms with Gasteiger partial charge in [0, 0.05) is 26.2 Å². The van der Waals surface area contributed by atoms with E-state index in [1.165, 1.54) is 18.4 Å². The number of nitrogens with zero attached hydrogens (tertiary/aromatic N) is 3. The highest BCUT2D eigenvalue weighted by molar-refractivity contribution is 5.74. The Morgan fingerprint density at radius 2 is 1.92 bits per heavy atom. The molecule has 5 nitrogen and oxygen atoms in total. The maximum absolute atomic E-state index is 12.3. The first-order chi connectivity index (χ1) is 12.7. The molecule has 0 unspecified atom stereocenters. The van der Waals surface area contributed by atoms with Crippen LogP contribution in [0.2, 0.25) is 0 Å². The molecular weight excluding hydrogens is 324 g/mol. The first-order valence-corrected chi connectivity index (χ1v) is 9.93. The molecule has 1 aromatic carbocycles. The second kappa shape index (κ2) is 9.59. The van der Waals surface area contributed by atoms with Gasteiger partial charge in [-0.3, -0.25) is 4.90 Å². The Morgan fingerprint density at radius 3 is 2.65 bits per heavy atom. The third-order valence-electron chi connectivity index (χ3n) is 5.68. The third-order valence-corrected chi connectivity index (χ3v) is 5.68. The zero-order valence-electron chi connectivity index (χ0n) is 15.6. The predicted octanol–water partition coefficient (Wildman–Crippen LogP) is 3.23. The highest BCUT2D eigenvalue weighted by Gasteiger charge is 2.24. The van der Waals surface area contributed by atoms with Gasteiger partial charge < -0.3 is 10.2 Å². The van der Waals surface area contributed by atoms with Crippen LogP contribution in [-0.4, -0.2) is 48.6 Å². The molecule has 2 amide bonds. The van der Waals surface area contributed by atoms with Gasteiger partial charge in [-0.05, 0) is 56.7 Å². The fourth-order valence-corrected chi connectivity index (χ4v) is 4.04. The second-order valence-corrected chi connectivity index (χ2v) is 7.64. The molecule has 26 heavy (non-hydrogen) atoms. The first kappa shape index (κ1) is 18.7. The van der Waals surface area contributed by atoms with E-state index < -0.39 is 0 Å². The monoisotopic (exact) mass is 354 g/mol. The molecule has 2 saturated heterocycles. The van der Waals surface area contributed by atoms with E-state index in [4.69, 9.17) is 5.26 Å². The van der Waals surface area contributed by atoms with Gasteiger partial charge in [-0.15, -0.1) is 0 Å². The normalized spacial score (nSPS) is 22.0. The lowest BCUT2D eigenvalue weighted by atomic mass is 9.93. The van der Waals surface area contributed by atoms with Crippen LogP contribution in [0.15, 0.2) is 30.3 Å². The van der Waals surface area contributed by atoms with Crippen molar-refractivity contribution in [2.75, 3.05) is 32.7 Å². The quantitative estimate of drug-likeness (QED) is 0.883. The number of carbonyl (C=O) groups excluding carboxylic acids is 1. The van der Waals surface area contributed by atoms with Crippen LogP contribution in [0.1, 0.15) is 37.7 Å². The fraction of sp³-hybridized carbons (Fsp3) is 0.619. The number of likely N-dealkylation sites (tertiary alicyclic amines) is 2. The minimum Gasteiger partial charge on any atom is -0.338 e. The molecule has 3 rings (SSSR count). The van der Waals surface area contributed by atoms with Gasteiger partial charge in [0.2, 0.25) is 0 Å². The van der Waals surface area contributed by atoms with E-state index in [1.54, 1.807) is 4.90 Å². The SMILES string of the molecule is N#C[C@H]1CCCN(C(=O)NCCC2CCN(Cc3ccccc3)CC2)C1. The van der Waals surface area contributed by atoms with Crippen molar-refractivity contribution in [2.24, 2.45) is 11.8 Å². The minimum atomic E-state index is 0.00319. The lowest BCUT2D eigenvalue weighted by Crippen LogP contribution is -2.45. The van der Waals surface area contributed by atoms with E-state index in [-0.39, 0.29) is 11.9 Å². The van der Waals surface area contributed by atoms with Crippen molar-refractivity contribution in [2.45, 2.75) is 38.6 Å². The summed E-state index contributed by atoms with van der Waals surface area (Å²) in [5.74, 6) is 0.707. The van der Waals surface area contributed by atoms with Crippen LogP contribution in [-0.2, 0) is 6.54 Å². The summed E-state index contributed by atoms with van der Waals surface area (Å²) >= 11 is 0. The number of nitriles is 1. The molecule has 0 saturated carbocycles. The molecule has 1 aromatic rings. The van der Waals surface area contributed by atoms with Crippen LogP contribution >= 0.6 is 0 Å². The van der Waals surface area contributed by atoms with Crippen molar-refractivity contribution in [3.05, 3.63) is 35.9 Å². The van der Waals surface area contributed by atoms with Gasteiger partial charge in [-0.25, -0.2) is 4.79 Å². The fourth-order valence-electron chi connectivity index (χ4n) is 4.04. The minimum absolute atomic E-state index is 0.00319. The zero-order valence-corrected chi connectivity index (χ0v) is 15.6. The van der Waals surface area contributed by atoms with E-state index in [2.05, 4.69) is 46.6 Å². The summed E-state index contributed by atoms with van der Waals surface area (Å²) in [7, 11) is 0. The van der Waals surface area contributed by atoms with Crippen molar-refractivity contribution < 1.29 is 4.79 Å². The molecular formula is C21H30N4O. The molecule has 2 aliphatic rings. The third kappa shape index (κ3) is 5.47. The van der Waals surface area contributed by atoms with Crippen molar-refractivity contribution in [1.29, 1.82) is 5.26 Å². The summed E-state index contributed by atoms with van der Waals surface area (Å²) in [6, 6.07) is 13.0. The van der Waals surface area contributed by atoms with E-state index in [0.717, 1.165) is 52.0 Å². The Kier molecular flexibility index (Phi) is 6.90. The summed E-state index contributed by atoms with van der Waals surface area (Å²) < 4.78 is 0. The molecule has 140 valence electrons. The average Bonchev–Trinajstić information content (AvgIpc) is 2.70. The smallest absolute Gasteiger partial charge is 0.317 e. The summed E-state index contributed by atoms with van der Waals surface area (Å²) in [6.45, 7) is 5.43. The van der Waals surface area contributed by atoms with Gasteiger partial charge in [-0.2, -0.15) is 5.26 Å². The summed E-state index contributed by atoms with van der Waals surface area (Å²) in [5.41, 5.74) is 1.38. The van der Waals surface area contributed by atoms with Crippen molar-refractivity contribution in [3.8, 4) is 6.07 Å². The van der Waals surface area contributed by atoms with Crippen LogP contribution in [0.5, 0.6) is 0 Å². The number of rotatable bonds is 5. The van der Waals surface area contributed by atoms with Crippen molar-refractivity contribution >= 4 is 6.03 Å². The standard InChI is InChI=1S/C21H30N4O/c22-15-20-7-4-12-25(17-20)21(26)23-11-8-18-9-13-24(14-10-18)16-19-5-2-1-3-6-19/h1-3,5-6,18,20H,4,7-14,16-17H2,(H,23,26)/t20-/m1/s1. The lowest BCUT2D eigenvalue weighted by molar-refractivity contribution is 0.165. The second-order valence-electron chi connectivity index (χ2n) is 7.64. The maximum atomic E-state index is 12.3. The van der Waals surface area contributed by atoms with Crippen LogP contribution < -0.4 is 5.32 Å². The summed E-state index contributed by atoms with van der Waals surface area (Å²) in [5, 5.41) is 12.1. The Balaban J connectivity index is 1.31. The Bertz CT molecular complexity index is 604. The number of hydrogen-bond donors (Lipinski definition) is 1. The van der Waals surface area contributed by atoms with Gasteiger partial charge in [0.25, 0.3) is 0 Å². The van der Waals surface area contributed by atoms with Crippen LogP contribution in [0, 0.1) is 23.2 Å². The number of piperidine rings is 2. The van der Waals surface area contributed by atoms with Crippen LogP contribution in [0.3, 0.4) is 0 Å². The van der Waals surface area contributed by atoms with Gasteiger partial charge in [0.15, 0.2) is 0 Å². The van der Waals surface area contributed by atoms with Crippen molar-refractivity contribution in [1.82, 2.24) is 15.1 Å². The van der Waals surface area contributed by atoms with E-state index in [1.807, 2.05) is 0 Å². The molecule has 0 bridgehead atoms. The molecule has 0 aromatic heterocycles. The predicted molar refractivity (Wildman–Crippen MR) is 102 cm³/mol. The maximum Gasteiger partial charge on any atom is 0.317 e. The molecule has 0 spiro atoms. The highest BCUT2D eigenvalue weighted by Crippen LogP contribution is 2.21. The largest absolute Gasteiger partial charge is 0.338 e. The number of carbonyl (C=O) groups is 1. The molecule has 2 heterocycles. The van der Waals surface area contributed by atoms with Crippen LogP contribution in [0.25, 0.3) is 0 Å². The number of hydrogen-bond acceptors (Lipinski definition) is 3. The van der Waals surface area contributed by atoms with Crippen molar-refractivity contribution in [3.63, 3.8) is 0 Å². The van der Waals surface area contributed by atoms with Gasteiger partial charge in [0.1, 0.15) is 0 Å². The lowest BCUT2D eigenvalue weighted by Gasteiger charge is -2.32. The number of urea groups is 1. The van der Waals surface area contributed by atoms with E-state index >= 15 is 0 Å². The molecule has 2 aliphatic heterocycles. The molecule has 2 fully saturated rings. The Morgan fingerprint density at radius 1 is 1.15 bits per heavy atom. The molecule has 1 N–H and O–H groups in total. The van der Waals surface area contributed by atoms with Crippen LogP contribution in [0.4, 0.5) is 4.79 Å². The Hall–Kier alpha value is -2.06. The van der Waals surface area contributed by atoms with Gasteiger partial charge in [-0.1, -0.05) is 30.3 Å². The average molecular weight is 354 g/mol.